The zero-order valence-electron chi connectivity index (χ0n) is 15.2. The average Bonchev–Trinajstić information content (AvgIpc) is 3.01. The lowest BCUT2D eigenvalue weighted by Gasteiger charge is -2.09. The number of halogens is 1. The van der Waals surface area contributed by atoms with Crippen molar-refractivity contribution in [3.63, 3.8) is 0 Å². The van der Waals surface area contributed by atoms with Gasteiger partial charge in [0.2, 0.25) is 0 Å². The molecule has 0 saturated carbocycles. The quantitative estimate of drug-likeness (QED) is 0.587. The molecule has 1 heterocycles. The zero-order chi connectivity index (χ0) is 19.4. The summed E-state index contributed by atoms with van der Waals surface area (Å²) in [7, 11) is 3.21. The Hall–Kier alpha value is -1.96. The number of ether oxygens (including phenoxy) is 2. The van der Waals surface area contributed by atoms with Gasteiger partial charge in [0.05, 0.1) is 24.4 Å². The molecule has 0 bridgehead atoms. The molecule has 3 aromatic rings. The summed E-state index contributed by atoms with van der Waals surface area (Å²) in [5.41, 5.74) is 1.47. The van der Waals surface area contributed by atoms with Gasteiger partial charge in [0.1, 0.15) is 0 Å². The van der Waals surface area contributed by atoms with Crippen LogP contribution in [-0.4, -0.2) is 36.7 Å². The number of nitrogens with zero attached hydrogens (tertiary/aromatic N) is 2. The first-order valence-electron chi connectivity index (χ1n) is 8.16. The van der Waals surface area contributed by atoms with Gasteiger partial charge in [-0.2, -0.15) is 16.8 Å². The van der Waals surface area contributed by atoms with Crippen molar-refractivity contribution in [1.29, 1.82) is 0 Å². The highest BCUT2D eigenvalue weighted by Crippen LogP contribution is 2.33. The van der Waals surface area contributed by atoms with Crippen LogP contribution in [0.25, 0.3) is 10.2 Å². The van der Waals surface area contributed by atoms with E-state index in [9.17, 15) is 4.79 Å². The molecule has 27 heavy (non-hydrogen) atoms. The lowest BCUT2D eigenvalue weighted by atomic mass is 10.2. The molecule has 0 N–H and O–H groups in total. The van der Waals surface area contributed by atoms with Gasteiger partial charge in [-0.05, 0) is 30.5 Å². The number of methoxy groups -OCH3 is 2. The van der Waals surface area contributed by atoms with Crippen LogP contribution in [0.3, 0.4) is 0 Å². The fraction of sp³-hybridized carbons (Fsp3) is 0.263. The van der Waals surface area contributed by atoms with Gasteiger partial charge in [-0.25, -0.2) is 0 Å². The number of carbonyl (C=O) groups is 1. The Kier molecular flexibility index (Phi) is 6.46. The Labute approximate surface area is 170 Å². The maximum absolute atomic E-state index is 12.6. The van der Waals surface area contributed by atoms with Crippen LogP contribution < -0.4 is 14.3 Å². The number of thioether (sulfide) groups is 1. The van der Waals surface area contributed by atoms with Crippen LogP contribution in [0.4, 0.5) is 0 Å². The number of rotatable bonds is 6. The predicted octanol–water partition coefficient (Wildman–Crippen LogP) is 4.48. The van der Waals surface area contributed by atoms with E-state index in [-0.39, 0.29) is 5.91 Å². The molecule has 3 rings (SSSR count). The number of carbonyl (C=O) groups excluding carboxylic acids is 1. The normalized spacial score (nSPS) is 11.8. The van der Waals surface area contributed by atoms with Gasteiger partial charge in [-0.3, -0.25) is 4.79 Å². The highest BCUT2D eigenvalue weighted by atomic mass is 35.5. The molecule has 0 fully saturated rings. The molecule has 142 valence electrons. The molecule has 0 aliphatic carbocycles. The zero-order valence-corrected chi connectivity index (χ0v) is 17.6. The summed E-state index contributed by atoms with van der Waals surface area (Å²) in [6.45, 7) is 0.739. The fourth-order valence-electron chi connectivity index (χ4n) is 2.62. The second-order valence-electron chi connectivity index (χ2n) is 5.63. The minimum absolute atomic E-state index is 0.296. The predicted molar refractivity (Wildman–Crippen MR) is 113 cm³/mol. The smallest absolute Gasteiger partial charge is 0.279 e. The van der Waals surface area contributed by atoms with E-state index in [1.54, 1.807) is 50.2 Å². The molecule has 1 aromatic heterocycles. The second kappa shape index (κ2) is 8.82. The third-order valence-corrected chi connectivity index (χ3v) is 5.88. The van der Waals surface area contributed by atoms with Crippen molar-refractivity contribution in [3.05, 3.63) is 51.8 Å². The van der Waals surface area contributed by atoms with Crippen molar-refractivity contribution in [2.24, 2.45) is 4.99 Å². The summed E-state index contributed by atoms with van der Waals surface area (Å²) in [5.74, 6) is 1.91. The first-order valence-corrected chi connectivity index (χ1v) is 10.7. The maximum atomic E-state index is 12.6. The Morgan fingerprint density at radius 3 is 2.48 bits per heavy atom. The van der Waals surface area contributed by atoms with Crippen LogP contribution in [0.5, 0.6) is 11.5 Å². The number of amides is 1. The summed E-state index contributed by atoms with van der Waals surface area (Å²) >= 11 is 9.09. The minimum Gasteiger partial charge on any atom is -0.493 e. The third kappa shape index (κ3) is 4.31. The largest absolute Gasteiger partial charge is 0.493 e. The van der Waals surface area contributed by atoms with Crippen LogP contribution in [-0.2, 0) is 6.54 Å². The highest BCUT2D eigenvalue weighted by Gasteiger charge is 2.13. The summed E-state index contributed by atoms with van der Waals surface area (Å²) < 4.78 is 13.9. The molecule has 0 unspecified atom stereocenters. The van der Waals surface area contributed by atoms with Gasteiger partial charge >= 0.3 is 0 Å². The summed E-state index contributed by atoms with van der Waals surface area (Å²) in [6, 6.07) is 10.6. The van der Waals surface area contributed by atoms with E-state index in [2.05, 4.69) is 11.2 Å². The van der Waals surface area contributed by atoms with E-state index in [1.165, 1.54) is 11.3 Å². The van der Waals surface area contributed by atoms with Crippen molar-refractivity contribution in [3.8, 4) is 11.5 Å². The Bertz CT molecular complexity index is 1030. The lowest BCUT2D eigenvalue weighted by Crippen LogP contribution is -2.18. The standard InChI is InChI=1S/C19H19ClN2O3S2/c1-24-15-10-14-17(11-16(15)25-2)27-19(22(14)8-9-26-3)21-18(23)12-4-6-13(20)7-5-12/h4-7,10-11H,8-9H2,1-3H3. The second-order valence-corrected chi connectivity index (χ2v) is 8.06. The minimum atomic E-state index is -0.296. The molecular formula is C19H19ClN2O3S2. The van der Waals surface area contributed by atoms with E-state index < -0.39 is 0 Å². The molecule has 0 atom stereocenters. The summed E-state index contributed by atoms with van der Waals surface area (Å²) in [5, 5.41) is 0.586. The third-order valence-electron chi connectivity index (χ3n) is 4.00. The van der Waals surface area contributed by atoms with Crippen molar-refractivity contribution in [1.82, 2.24) is 4.57 Å². The Morgan fingerprint density at radius 2 is 1.85 bits per heavy atom. The number of aromatic nitrogens is 1. The topological polar surface area (TPSA) is 52.8 Å². The molecule has 0 aliphatic rings. The number of fused-ring (bicyclic) bond motifs is 1. The monoisotopic (exact) mass is 422 g/mol. The molecule has 5 nitrogen and oxygen atoms in total. The Morgan fingerprint density at radius 1 is 1.19 bits per heavy atom. The lowest BCUT2D eigenvalue weighted by molar-refractivity contribution is 0.0998. The average molecular weight is 423 g/mol. The molecule has 2 aromatic carbocycles. The number of hydrogen-bond donors (Lipinski definition) is 0. The highest BCUT2D eigenvalue weighted by molar-refractivity contribution is 7.98. The molecule has 0 radical (unpaired) electrons. The van der Waals surface area contributed by atoms with Crippen molar-refractivity contribution >= 4 is 50.8 Å². The number of hydrogen-bond acceptors (Lipinski definition) is 5. The summed E-state index contributed by atoms with van der Waals surface area (Å²) in [4.78, 5) is 17.6. The molecule has 0 spiro atoms. The molecular weight excluding hydrogens is 404 g/mol. The van der Waals surface area contributed by atoms with Gasteiger partial charge in [0.15, 0.2) is 16.3 Å². The van der Waals surface area contributed by atoms with E-state index in [1.807, 2.05) is 16.7 Å². The van der Waals surface area contributed by atoms with Gasteiger partial charge in [-0.1, -0.05) is 22.9 Å². The van der Waals surface area contributed by atoms with Crippen LogP contribution in [0.15, 0.2) is 41.4 Å². The summed E-state index contributed by atoms with van der Waals surface area (Å²) in [6.07, 6.45) is 2.05. The molecule has 1 amide bonds. The molecule has 0 aliphatic heterocycles. The SMILES string of the molecule is COc1cc2sc(=NC(=O)c3ccc(Cl)cc3)n(CCSC)c2cc1OC. The maximum Gasteiger partial charge on any atom is 0.279 e. The number of aryl methyl sites for hydroxylation is 1. The van der Waals surface area contributed by atoms with E-state index in [0.717, 1.165) is 22.5 Å². The van der Waals surface area contributed by atoms with Gasteiger partial charge < -0.3 is 14.0 Å². The van der Waals surface area contributed by atoms with Crippen molar-refractivity contribution < 1.29 is 14.3 Å². The number of thiazole rings is 1. The molecule has 0 saturated heterocycles. The van der Waals surface area contributed by atoms with Crippen molar-refractivity contribution in [2.75, 3.05) is 26.2 Å². The van der Waals surface area contributed by atoms with E-state index in [0.29, 0.717) is 26.9 Å². The van der Waals surface area contributed by atoms with E-state index >= 15 is 0 Å². The van der Waals surface area contributed by atoms with Gasteiger partial charge in [0, 0.05) is 35.0 Å². The van der Waals surface area contributed by atoms with Crippen molar-refractivity contribution in [2.45, 2.75) is 6.54 Å². The van der Waals surface area contributed by atoms with E-state index in [4.69, 9.17) is 21.1 Å². The molecule has 8 heteroatoms. The first-order chi connectivity index (χ1) is 13.1. The fourth-order valence-corrected chi connectivity index (χ4v) is 4.18. The van der Waals surface area contributed by atoms with Gasteiger partial charge in [-0.15, -0.1) is 0 Å². The Balaban J connectivity index is 2.15. The van der Waals surface area contributed by atoms with Crippen LogP contribution in [0, 0.1) is 0 Å². The first kappa shape index (κ1) is 19.8. The van der Waals surface area contributed by atoms with Gasteiger partial charge in [0.25, 0.3) is 5.91 Å². The van der Waals surface area contributed by atoms with Crippen LogP contribution >= 0.6 is 34.7 Å². The van der Waals surface area contributed by atoms with Crippen LogP contribution in [0.1, 0.15) is 10.4 Å². The van der Waals surface area contributed by atoms with Crippen LogP contribution in [0.2, 0.25) is 5.02 Å². The number of benzene rings is 2.